The van der Waals surface area contributed by atoms with Crippen LogP contribution in [-0.2, 0) is 0 Å². The molecule has 2 aliphatic carbocycles. The van der Waals surface area contributed by atoms with Crippen molar-refractivity contribution in [2.24, 2.45) is 17.8 Å². The molecule has 0 N–H and O–H groups in total. The van der Waals surface area contributed by atoms with Gasteiger partial charge in [-0.15, -0.1) is 6.42 Å². The van der Waals surface area contributed by atoms with Crippen LogP contribution in [0.25, 0.3) is 27.8 Å². The first kappa shape index (κ1) is 28.1. The highest BCUT2D eigenvalue weighted by molar-refractivity contribution is 5.74. The maximum Gasteiger partial charge on any atom is 0.201 e. The van der Waals surface area contributed by atoms with E-state index in [0.29, 0.717) is 16.7 Å². The van der Waals surface area contributed by atoms with E-state index in [0.717, 1.165) is 36.2 Å². The summed E-state index contributed by atoms with van der Waals surface area (Å²) in [6, 6.07) is 15.1. The summed E-state index contributed by atoms with van der Waals surface area (Å²) in [7, 11) is 0. The van der Waals surface area contributed by atoms with Crippen molar-refractivity contribution in [2.45, 2.75) is 64.7 Å². The van der Waals surface area contributed by atoms with Crippen molar-refractivity contribution in [2.75, 3.05) is 6.61 Å². The lowest BCUT2D eigenvalue weighted by Crippen LogP contribution is -2.23. The Morgan fingerprint density at radius 1 is 0.800 bits per heavy atom. The van der Waals surface area contributed by atoms with Gasteiger partial charge in [0.1, 0.15) is 12.4 Å². The van der Waals surface area contributed by atoms with Gasteiger partial charge in [0, 0.05) is 11.1 Å². The SMILES string of the molecule is C#CCOc1ccc(-c2ccc(-c3ccc(C4=CCC(C5CCC(CCC)CC5)CC4)cc3F)cc2)c(F)c1F. The van der Waals surface area contributed by atoms with Gasteiger partial charge in [0.25, 0.3) is 0 Å². The van der Waals surface area contributed by atoms with Gasteiger partial charge in [-0.1, -0.05) is 81.0 Å². The molecule has 1 saturated carbocycles. The minimum absolute atomic E-state index is 0.101. The third-order valence-electron chi connectivity index (χ3n) is 8.91. The lowest BCUT2D eigenvalue weighted by atomic mass is 9.70. The molecule has 0 radical (unpaired) electrons. The maximum absolute atomic E-state index is 15.3. The summed E-state index contributed by atoms with van der Waals surface area (Å²) < 4.78 is 49.4. The lowest BCUT2D eigenvalue weighted by Gasteiger charge is -2.35. The van der Waals surface area contributed by atoms with Crippen LogP contribution in [0, 0.1) is 47.5 Å². The van der Waals surface area contributed by atoms with Crippen LogP contribution >= 0.6 is 0 Å². The minimum atomic E-state index is -1.08. The number of halogens is 3. The zero-order valence-corrected chi connectivity index (χ0v) is 23.2. The summed E-state index contributed by atoms with van der Waals surface area (Å²) in [4.78, 5) is 0. The van der Waals surface area contributed by atoms with Crippen LogP contribution in [0.2, 0.25) is 0 Å². The molecule has 0 spiro atoms. The van der Waals surface area contributed by atoms with Gasteiger partial charge in [0.15, 0.2) is 11.6 Å². The second-order valence-electron chi connectivity index (χ2n) is 11.3. The number of rotatable bonds is 8. The van der Waals surface area contributed by atoms with Crippen LogP contribution in [0.15, 0.2) is 60.7 Å². The fourth-order valence-corrected chi connectivity index (χ4v) is 6.67. The van der Waals surface area contributed by atoms with E-state index in [-0.39, 0.29) is 23.7 Å². The number of ether oxygens (including phenoxy) is 1. The molecular weight excluding hydrogens is 505 g/mol. The smallest absolute Gasteiger partial charge is 0.201 e. The first-order chi connectivity index (χ1) is 19.5. The van der Waals surface area contributed by atoms with Gasteiger partial charge < -0.3 is 4.74 Å². The highest BCUT2D eigenvalue weighted by Crippen LogP contribution is 2.42. The van der Waals surface area contributed by atoms with E-state index < -0.39 is 11.6 Å². The number of allylic oxidation sites excluding steroid dienone is 2. The fourth-order valence-electron chi connectivity index (χ4n) is 6.67. The summed E-state index contributed by atoms with van der Waals surface area (Å²) in [6.45, 7) is 2.14. The largest absolute Gasteiger partial charge is 0.478 e. The quantitative estimate of drug-likeness (QED) is 0.257. The third kappa shape index (κ3) is 6.15. The van der Waals surface area contributed by atoms with Crippen molar-refractivity contribution in [1.82, 2.24) is 0 Å². The maximum atomic E-state index is 15.3. The summed E-state index contributed by atoms with van der Waals surface area (Å²) in [5.74, 6) is 2.17. The van der Waals surface area contributed by atoms with Crippen LogP contribution in [0.4, 0.5) is 13.2 Å². The van der Waals surface area contributed by atoms with Crippen LogP contribution in [0.3, 0.4) is 0 Å². The molecule has 4 heteroatoms. The number of hydrogen-bond acceptors (Lipinski definition) is 1. The van der Waals surface area contributed by atoms with E-state index in [1.807, 2.05) is 12.1 Å². The van der Waals surface area contributed by atoms with Crippen molar-refractivity contribution >= 4 is 5.57 Å². The average Bonchev–Trinajstić information content (AvgIpc) is 2.99. The normalized spacial score (nSPS) is 21.0. The Morgan fingerprint density at radius 3 is 2.10 bits per heavy atom. The van der Waals surface area contributed by atoms with Crippen molar-refractivity contribution in [3.05, 3.63) is 83.7 Å². The predicted molar refractivity (Wildman–Crippen MR) is 157 cm³/mol. The van der Waals surface area contributed by atoms with E-state index in [4.69, 9.17) is 11.2 Å². The first-order valence-electron chi connectivity index (χ1n) is 14.6. The minimum Gasteiger partial charge on any atom is -0.478 e. The van der Waals surface area contributed by atoms with Crippen molar-refractivity contribution < 1.29 is 17.9 Å². The molecule has 0 amide bonds. The summed E-state index contributed by atoms with van der Waals surface area (Å²) in [6.07, 6.45) is 18.9. The molecule has 0 aliphatic heterocycles. The van der Waals surface area contributed by atoms with Crippen LogP contribution < -0.4 is 4.74 Å². The van der Waals surface area contributed by atoms with E-state index in [1.54, 1.807) is 30.3 Å². The standard InChI is InChI=1S/C36H37F3O/c1-3-5-24-6-8-25(9-7-24)26-10-12-27(13-11-26)30-18-19-31(33(37)23-30)28-14-16-29(17-15-28)32-20-21-34(40-22-4-2)36(39)35(32)38/h2,12,14-21,23-26H,3,5-11,13,22H2,1H3. The summed E-state index contributed by atoms with van der Waals surface area (Å²) in [5, 5.41) is 0. The monoisotopic (exact) mass is 542 g/mol. The third-order valence-corrected chi connectivity index (χ3v) is 8.91. The van der Waals surface area contributed by atoms with Gasteiger partial charge in [-0.3, -0.25) is 0 Å². The molecule has 0 saturated heterocycles. The van der Waals surface area contributed by atoms with Gasteiger partial charge in [-0.2, -0.15) is 4.39 Å². The molecule has 0 bridgehead atoms. The Kier molecular flexibility index (Phi) is 9.00. The zero-order chi connectivity index (χ0) is 28.1. The summed E-state index contributed by atoms with van der Waals surface area (Å²) in [5.41, 5.74) is 3.94. The van der Waals surface area contributed by atoms with E-state index >= 15 is 4.39 Å². The Bertz CT molecular complexity index is 1390. The van der Waals surface area contributed by atoms with E-state index in [2.05, 4.69) is 18.9 Å². The Hall–Kier alpha value is -3.45. The molecule has 1 atom stereocenters. The molecule has 2 aliphatic rings. The van der Waals surface area contributed by atoms with Crippen LogP contribution in [-0.4, -0.2) is 6.61 Å². The van der Waals surface area contributed by atoms with Gasteiger partial charge >= 0.3 is 0 Å². The van der Waals surface area contributed by atoms with Crippen molar-refractivity contribution in [3.63, 3.8) is 0 Å². The number of hydrogen-bond donors (Lipinski definition) is 0. The molecule has 1 unspecified atom stereocenters. The van der Waals surface area contributed by atoms with E-state index in [9.17, 15) is 8.78 Å². The van der Waals surface area contributed by atoms with Crippen LogP contribution in [0.5, 0.6) is 5.75 Å². The molecule has 3 aromatic carbocycles. The molecule has 208 valence electrons. The highest BCUT2D eigenvalue weighted by Gasteiger charge is 2.28. The molecule has 40 heavy (non-hydrogen) atoms. The predicted octanol–water partition coefficient (Wildman–Crippen LogP) is 10.2. The Morgan fingerprint density at radius 2 is 1.48 bits per heavy atom. The molecule has 5 rings (SSSR count). The van der Waals surface area contributed by atoms with E-state index in [1.165, 1.54) is 62.7 Å². The average molecular weight is 543 g/mol. The topological polar surface area (TPSA) is 9.23 Å². The molecule has 1 fully saturated rings. The second kappa shape index (κ2) is 12.8. The number of terminal acetylenes is 1. The molecular formula is C36H37F3O. The lowest BCUT2D eigenvalue weighted by molar-refractivity contribution is 0.189. The van der Waals surface area contributed by atoms with Crippen molar-refractivity contribution in [1.29, 1.82) is 0 Å². The summed E-state index contributed by atoms with van der Waals surface area (Å²) >= 11 is 0. The molecule has 1 nitrogen and oxygen atoms in total. The molecule has 0 heterocycles. The fraction of sp³-hybridized carbons (Fsp3) is 0.389. The zero-order valence-electron chi connectivity index (χ0n) is 23.2. The van der Waals surface area contributed by atoms with Crippen molar-refractivity contribution in [3.8, 4) is 40.3 Å². The Labute approximate surface area is 236 Å². The molecule has 3 aromatic rings. The van der Waals surface area contributed by atoms with Gasteiger partial charge in [0.2, 0.25) is 5.82 Å². The van der Waals surface area contributed by atoms with Gasteiger partial charge in [-0.05, 0) is 90.3 Å². The molecule has 0 aromatic heterocycles. The highest BCUT2D eigenvalue weighted by atomic mass is 19.2. The number of benzene rings is 3. The van der Waals surface area contributed by atoms with Gasteiger partial charge in [0.05, 0.1) is 0 Å². The Balaban J connectivity index is 1.25. The first-order valence-corrected chi connectivity index (χ1v) is 14.6. The second-order valence-corrected chi connectivity index (χ2v) is 11.3. The van der Waals surface area contributed by atoms with Gasteiger partial charge in [-0.25, -0.2) is 8.78 Å². The van der Waals surface area contributed by atoms with Crippen LogP contribution in [0.1, 0.15) is 70.3 Å².